The summed E-state index contributed by atoms with van der Waals surface area (Å²) in [6.45, 7) is 1.05. The Balaban J connectivity index is 1.98. The van der Waals surface area contributed by atoms with Gasteiger partial charge >= 0.3 is 6.03 Å². The van der Waals surface area contributed by atoms with E-state index in [-0.39, 0.29) is 0 Å². The van der Waals surface area contributed by atoms with Gasteiger partial charge in [0.15, 0.2) is 0 Å². The van der Waals surface area contributed by atoms with Gasteiger partial charge in [-0.2, -0.15) is 0 Å². The summed E-state index contributed by atoms with van der Waals surface area (Å²) in [5.74, 6) is -1.38. The van der Waals surface area contributed by atoms with Crippen molar-refractivity contribution in [3.63, 3.8) is 0 Å². The van der Waals surface area contributed by atoms with Gasteiger partial charge in [-0.3, -0.25) is 19.7 Å². The average Bonchev–Trinajstić information content (AvgIpc) is 2.78. The highest BCUT2D eigenvalue weighted by Gasteiger charge is 2.49. The third-order valence-electron chi connectivity index (χ3n) is 4.03. The standard InChI is InChI=1S/C16H15N3O4/c1-16(12-7-6-10-4-2-3-5-11(10)8-12)14(21)19(15(22)17-16)9-13(20)18-23/h2-8,23H,9H2,1H3,(H,17,22)(H,18,20). The van der Waals surface area contributed by atoms with E-state index in [1.165, 1.54) is 5.48 Å². The molecule has 0 saturated carbocycles. The van der Waals surface area contributed by atoms with Gasteiger partial charge in [-0.25, -0.2) is 10.3 Å². The van der Waals surface area contributed by atoms with Crippen molar-refractivity contribution in [3.8, 4) is 0 Å². The molecule has 0 aliphatic carbocycles. The van der Waals surface area contributed by atoms with Gasteiger partial charge in [-0.15, -0.1) is 0 Å². The molecule has 2 aromatic rings. The summed E-state index contributed by atoms with van der Waals surface area (Å²) in [5.41, 5.74) is 0.785. The van der Waals surface area contributed by atoms with Crippen LogP contribution >= 0.6 is 0 Å². The summed E-state index contributed by atoms with van der Waals surface area (Å²) in [4.78, 5) is 36.7. The van der Waals surface area contributed by atoms with Crippen molar-refractivity contribution in [2.75, 3.05) is 6.54 Å². The van der Waals surface area contributed by atoms with Crippen LogP contribution in [-0.2, 0) is 15.1 Å². The van der Waals surface area contributed by atoms with Crippen molar-refractivity contribution >= 4 is 28.6 Å². The van der Waals surface area contributed by atoms with Gasteiger partial charge in [0.2, 0.25) is 0 Å². The first-order valence-corrected chi connectivity index (χ1v) is 7.02. The third kappa shape index (κ3) is 2.40. The molecular weight excluding hydrogens is 298 g/mol. The lowest BCUT2D eigenvalue weighted by molar-refractivity contribution is -0.137. The number of amides is 4. The predicted molar refractivity (Wildman–Crippen MR) is 81.5 cm³/mol. The molecule has 1 heterocycles. The fourth-order valence-electron chi connectivity index (χ4n) is 2.72. The van der Waals surface area contributed by atoms with Crippen molar-refractivity contribution < 1.29 is 19.6 Å². The number of nitrogens with one attached hydrogen (secondary N) is 2. The number of imide groups is 1. The second kappa shape index (κ2) is 5.36. The van der Waals surface area contributed by atoms with E-state index in [2.05, 4.69) is 5.32 Å². The molecule has 23 heavy (non-hydrogen) atoms. The quantitative estimate of drug-likeness (QED) is 0.449. The maximum atomic E-state index is 12.6. The molecule has 4 amide bonds. The van der Waals surface area contributed by atoms with Gasteiger partial charge in [0.05, 0.1) is 0 Å². The topological polar surface area (TPSA) is 98.7 Å². The van der Waals surface area contributed by atoms with E-state index in [9.17, 15) is 14.4 Å². The molecular formula is C16H15N3O4. The molecule has 3 rings (SSSR count). The molecule has 7 heteroatoms. The van der Waals surface area contributed by atoms with Crippen molar-refractivity contribution in [1.29, 1.82) is 0 Å². The van der Waals surface area contributed by atoms with Gasteiger partial charge in [0.25, 0.3) is 11.8 Å². The van der Waals surface area contributed by atoms with E-state index in [0.717, 1.165) is 15.7 Å². The van der Waals surface area contributed by atoms with E-state index in [1.807, 2.05) is 36.4 Å². The van der Waals surface area contributed by atoms with Gasteiger partial charge in [0.1, 0.15) is 12.1 Å². The molecule has 1 unspecified atom stereocenters. The molecule has 7 nitrogen and oxygen atoms in total. The van der Waals surface area contributed by atoms with Crippen LogP contribution in [0.3, 0.4) is 0 Å². The summed E-state index contributed by atoms with van der Waals surface area (Å²) >= 11 is 0. The summed E-state index contributed by atoms with van der Waals surface area (Å²) in [6, 6.07) is 12.5. The average molecular weight is 313 g/mol. The first kappa shape index (κ1) is 15.0. The number of benzene rings is 2. The highest BCUT2D eigenvalue weighted by atomic mass is 16.5. The Morgan fingerprint density at radius 3 is 2.61 bits per heavy atom. The fourth-order valence-corrected chi connectivity index (χ4v) is 2.72. The molecule has 1 atom stereocenters. The number of carbonyl (C=O) groups excluding carboxylic acids is 3. The summed E-state index contributed by atoms with van der Waals surface area (Å²) in [5, 5.41) is 13.1. The zero-order valence-electron chi connectivity index (χ0n) is 12.4. The summed E-state index contributed by atoms with van der Waals surface area (Å²) < 4.78 is 0. The molecule has 0 spiro atoms. The number of hydroxylamine groups is 1. The molecule has 1 fully saturated rings. The molecule has 0 aromatic heterocycles. The highest BCUT2D eigenvalue weighted by molar-refractivity contribution is 6.09. The number of hydrogen-bond donors (Lipinski definition) is 3. The van der Waals surface area contributed by atoms with Crippen LogP contribution in [0.1, 0.15) is 12.5 Å². The van der Waals surface area contributed by atoms with Crippen LogP contribution in [0.4, 0.5) is 4.79 Å². The lowest BCUT2D eigenvalue weighted by Crippen LogP contribution is -2.42. The first-order chi connectivity index (χ1) is 11.0. The minimum Gasteiger partial charge on any atom is -0.319 e. The van der Waals surface area contributed by atoms with Crippen LogP contribution in [0.25, 0.3) is 10.8 Å². The molecule has 3 N–H and O–H groups in total. The van der Waals surface area contributed by atoms with E-state index < -0.39 is 29.9 Å². The van der Waals surface area contributed by atoms with Crippen molar-refractivity contribution in [2.24, 2.45) is 0 Å². The zero-order valence-corrected chi connectivity index (χ0v) is 12.4. The van der Waals surface area contributed by atoms with E-state index in [4.69, 9.17) is 5.21 Å². The van der Waals surface area contributed by atoms with Crippen molar-refractivity contribution in [2.45, 2.75) is 12.5 Å². The Kier molecular flexibility index (Phi) is 3.49. The number of hydrogen-bond acceptors (Lipinski definition) is 4. The number of fused-ring (bicyclic) bond motifs is 1. The maximum Gasteiger partial charge on any atom is 0.325 e. The Bertz CT molecular complexity index is 820. The molecule has 2 aromatic carbocycles. The van der Waals surface area contributed by atoms with Crippen LogP contribution in [0.5, 0.6) is 0 Å². The zero-order chi connectivity index (χ0) is 16.6. The molecule has 118 valence electrons. The second-order valence-electron chi connectivity index (χ2n) is 5.54. The third-order valence-corrected chi connectivity index (χ3v) is 4.03. The summed E-state index contributed by atoms with van der Waals surface area (Å²) in [7, 11) is 0. The van der Waals surface area contributed by atoms with Crippen molar-refractivity contribution in [1.82, 2.24) is 15.7 Å². The molecule has 0 radical (unpaired) electrons. The fraction of sp³-hybridized carbons (Fsp3) is 0.188. The van der Waals surface area contributed by atoms with E-state index in [1.54, 1.807) is 13.0 Å². The van der Waals surface area contributed by atoms with E-state index >= 15 is 0 Å². The monoisotopic (exact) mass is 313 g/mol. The van der Waals surface area contributed by atoms with E-state index in [0.29, 0.717) is 5.56 Å². The lowest BCUT2D eigenvalue weighted by Gasteiger charge is -2.22. The normalized spacial score (nSPS) is 20.7. The largest absolute Gasteiger partial charge is 0.325 e. The Morgan fingerprint density at radius 1 is 1.22 bits per heavy atom. The Hall–Kier alpha value is -2.93. The van der Waals surface area contributed by atoms with Crippen LogP contribution in [0.15, 0.2) is 42.5 Å². The van der Waals surface area contributed by atoms with Gasteiger partial charge in [0, 0.05) is 0 Å². The SMILES string of the molecule is CC1(c2ccc3ccccc3c2)NC(=O)N(CC(=O)NO)C1=O. The number of urea groups is 1. The Morgan fingerprint density at radius 2 is 1.91 bits per heavy atom. The minimum atomic E-state index is -1.25. The summed E-state index contributed by atoms with van der Waals surface area (Å²) in [6.07, 6.45) is 0. The van der Waals surface area contributed by atoms with Crippen LogP contribution in [0.2, 0.25) is 0 Å². The highest BCUT2D eigenvalue weighted by Crippen LogP contribution is 2.30. The molecule has 0 bridgehead atoms. The van der Waals surface area contributed by atoms with Gasteiger partial charge in [-0.1, -0.05) is 36.4 Å². The first-order valence-electron chi connectivity index (χ1n) is 7.02. The molecule has 1 aliphatic rings. The van der Waals surface area contributed by atoms with Crippen LogP contribution < -0.4 is 10.8 Å². The second-order valence-corrected chi connectivity index (χ2v) is 5.54. The molecule has 1 aliphatic heterocycles. The van der Waals surface area contributed by atoms with Crippen molar-refractivity contribution in [3.05, 3.63) is 48.0 Å². The number of nitrogens with zero attached hydrogens (tertiary/aromatic N) is 1. The predicted octanol–water partition coefficient (Wildman–Crippen LogP) is 1.11. The van der Waals surface area contributed by atoms with Gasteiger partial charge < -0.3 is 5.32 Å². The van der Waals surface area contributed by atoms with Crippen LogP contribution in [-0.4, -0.2) is 34.5 Å². The Labute approximate surface area is 131 Å². The maximum absolute atomic E-state index is 12.6. The number of rotatable bonds is 3. The van der Waals surface area contributed by atoms with Gasteiger partial charge in [-0.05, 0) is 29.3 Å². The minimum absolute atomic E-state index is 0.537. The number of carbonyl (C=O) groups is 3. The van der Waals surface area contributed by atoms with Crippen LogP contribution in [0, 0.1) is 0 Å². The smallest absolute Gasteiger partial charge is 0.319 e. The lowest BCUT2D eigenvalue weighted by atomic mass is 9.90. The molecule has 1 saturated heterocycles.